The first-order chi connectivity index (χ1) is 17.9. The number of rotatable bonds is 7. The molecule has 3 aromatic carbocycles. The van der Waals surface area contributed by atoms with Gasteiger partial charge in [-0.15, -0.1) is 0 Å². The first-order valence-corrected chi connectivity index (χ1v) is 13.1. The van der Waals surface area contributed by atoms with E-state index in [0.29, 0.717) is 22.2 Å². The zero-order valence-corrected chi connectivity index (χ0v) is 21.7. The predicted octanol–water partition coefficient (Wildman–Crippen LogP) is 6.00. The van der Waals surface area contributed by atoms with Crippen molar-refractivity contribution in [3.8, 4) is 11.3 Å². The van der Waals surface area contributed by atoms with Gasteiger partial charge in [0.1, 0.15) is 4.32 Å². The molecule has 184 valence electrons. The smallest absolute Gasteiger partial charge is 0.335 e. The van der Waals surface area contributed by atoms with E-state index in [1.807, 2.05) is 54.6 Å². The average molecular weight is 526 g/mol. The number of thiocarbonyl (C=S) groups is 1. The maximum atomic E-state index is 13.1. The van der Waals surface area contributed by atoms with Crippen molar-refractivity contribution in [3.63, 3.8) is 0 Å². The molecule has 1 fully saturated rings. The second-order valence-electron chi connectivity index (χ2n) is 8.57. The van der Waals surface area contributed by atoms with Gasteiger partial charge in [0.05, 0.1) is 32.9 Å². The molecular formula is C29H23N3O3S2. The summed E-state index contributed by atoms with van der Waals surface area (Å²) in [5.74, 6) is -1.08. The molecule has 1 aliphatic heterocycles. The first-order valence-electron chi connectivity index (χ1n) is 11.9. The Labute approximate surface area is 224 Å². The lowest BCUT2D eigenvalue weighted by atomic mass is 10.0. The molecule has 1 aromatic heterocycles. The number of carboxylic acid groups (broad SMARTS) is 1. The van der Waals surface area contributed by atoms with E-state index in [-0.39, 0.29) is 11.5 Å². The normalized spacial score (nSPS) is 14.6. The van der Waals surface area contributed by atoms with E-state index in [2.05, 4.69) is 6.92 Å². The minimum absolute atomic E-state index is 0.123. The third-order valence-corrected chi connectivity index (χ3v) is 7.51. The summed E-state index contributed by atoms with van der Waals surface area (Å²) < 4.78 is 0.517. The summed E-state index contributed by atoms with van der Waals surface area (Å²) in [6, 6.07) is 22.5. The van der Waals surface area contributed by atoms with Gasteiger partial charge >= 0.3 is 5.97 Å². The number of amides is 1. The SMILES string of the molecule is CCc1nc2ccccc2nc1-c1cccc(C=C2SC(=S)N(CCc3ccc(C(=O)O)cc3)C2=O)c1. The molecule has 0 atom stereocenters. The van der Waals surface area contributed by atoms with Crippen LogP contribution in [0.25, 0.3) is 28.4 Å². The lowest BCUT2D eigenvalue weighted by molar-refractivity contribution is -0.122. The molecule has 0 saturated carbocycles. The first kappa shape index (κ1) is 24.8. The molecule has 1 saturated heterocycles. The van der Waals surface area contributed by atoms with Gasteiger partial charge < -0.3 is 5.11 Å². The van der Waals surface area contributed by atoms with E-state index in [1.54, 1.807) is 29.2 Å². The Bertz CT molecular complexity index is 1560. The molecule has 2 heterocycles. The monoisotopic (exact) mass is 525 g/mol. The maximum absolute atomic E-state index is 13.1. The number of fused-ring (bicyclic) bond motifs is 1. The van der Waals surface area contributed by atoms with Gasteiger partial charge in [-0.25, -0.2) is 14.8 Å². The van der Waals surface area contributed by atoms with Gasteiger partial charge in [0.2, 0.25) is 0 Å². The molecule has 0 spiro atoms. The number of carbonyl (C=O) groups is 2. The van der Waals surface area contributed by atoms with Gasteiger partial charge in [-0.3, -0.25) is 9.69 Å². The molecule has 0 radical (unpaired) electrons. The molecule has 6 nitrogen and oxygen atoms in total. The number of aromatic nitrogens is 2. The number of thioether (sulfide) groups is 1. The van der Waals surface area contributed by atoms with Gasteiger partial charge in [-0.1, -0.05) is 73.4 Å². The molecule has 0 unspecified atom stereocenters. The van der Waals surface area contributed by atoms with Crippen LogP contribution in [-0.2, 0) is 17.6 Å². The number of carbonyl (C=O) groups excluding carboxylic acids is 1. The van der Waals surface area contributed by atoms with Gasteiger partial charge in [0.15, 0.2) is 0 Å². The summed E-state index contributed by atoms with van der Waals surface area (Å²) >= 11 is 6.79. The molecule has 1 N–H and O–H groups in total. The summed E-state index contributed by atoms with van der Waals surface area (Å²) in [4.78, 5) is 36.0. The number of benzene rings is 3. The van der Waals surface area contributed by atoms with E-state index in [1.165, 1.54) is 11.8 Å². The summed E-state index contributed by atoms with van der Waals surface area (Å²) in [7, 11) is 0. The fraction of sp³-hybridized carbons (Fsp3) is 0.138. The molecule has 4 aromatic rings. The Hall–Kier alpha value is -3.88. The van der Waals surface area contributed by atoms with Crippen LogP contribution in [-0.4, -0.2) is 42.7 Å². The number of aromatic carboxylic acids is 1. The number of hydrogen-bond acceptors (Lipinski definition) is 6. The van der Waals surface area contributed by atoms with Crippen LogP contribution < -0.4 is 0 Å². The minimum atomic E-state index is -0.962. The summed E-state index contributed by atoms with van der Waals surface area (Å²) in [5, 5.41) is 9.06. The third-order valence-electron chi connectivity index (χ3n) is 6.13. The Balaban J connectivity index is 1.36. The maximum Gasteiger partial charge on any atom is 0.335 e. The number of carboxylic acids is 1. The standard InChI is InChI=1S/C29H23N3O3S2/c1-2-22-26(31-24-9-4-3-8-23(24)30-22)21-7-5-6-19(16-21)17-25-27(33)32(29(36)37-25)15-14-18-10-12-20(13-11-18)28(34)35/h3-13,16-17H,2,14-15H2,1H3,(H,34,35). The topological polar surface area (TPSA) is 83.4 Å². The van der Waals surface area contributed by atoms with Crippen molar-refractivity contribution in [1.29, 1.82) is 0 Å². The molecule has 0 bridgehead atoms. The Morgan fingerprint density at radius 2 is 1.76 bits per heavy atom. The van der Waals surface area contributed by atoms with E-state index in [0.717, 1.165) is 45.5 Å². The van der Waals surface area contributed by atoms with Crippen molar-refractivity contribution in [2.75, 3.05) is 6.54 Å². The molecule has 1 amide bonds. The molecule has 8 heteroatoms. The van der Waals surface area contributed by atoms with Crippen molar-refractivity contribution in [1.82, 2.24) is 14.9 Å². The molecule has 37 heavy (non-hydrogen) atoms. The van der Waals surface area contributed by atoms with Crippen LogP contribution in [0.5, 0.6) is 0 Å². The Morgan fingerprint density at radius 1 is 1.03 bits per heavy atom. The highest BCUT2D eigenvalue weighted by Crippen LogP contribution is 2.33. The van der Waals surface area contributed by atoms with Crippen LogP contribution in [0, 0.1) is 0 Å². The quantitative estimate of drug-likeness (QED) is 0.234. The highest BCUT2D eigenvalue weighted by atomic mass is 32.2. The van der Waals surface area contributed by atoms with Crippen LogP contribution in [0.4, 0.5) is 0 Å². The van der Waals surface area contributed by atoms with Gasteiger partial charge in [0, 0.05) is 12.1 Å². The highest BCUT2D eigenvalue weighted by Gasteiger charge is 2.31. The zero-order valence-electron chi connectivity index (χ0n) is 20.0. The summed E-state index contributed by atoms with van der Waals surface area (Å²) in [5.41, 5.74) is 6.51. The summed E-state index contributed by atoms with van der Waals surface area (Å²) in [6.07, 6.45) is 3.20. The van der Waals surface area contributed by atoms with Gasteiger partial charge in [0.25, 0.3) is 5.91 Å². The third kappa shape index (κ3) is 5.30. The largest absolute Gasteiger partial charge is 0.478 e. The fourth-order valence-corrected chi connectivity index (χ4v) is 5.50. The second kappa shape index (κ2) is 10.6. The van der Waals surface area contributed by atoms with Crippen molar-refractivity contribution in [3.05, 3.63) is 100 Å². The predicted molar refractivity (Wildman–Crippen MR) is 151 cm³/mol. The van der Waals surface area contributed by atoms with E-state index in [9.17, 15) is 9.59 Å². The number of para-hydroxylation sites is 2. The van der Waals surface area contributed by atoms with Crippen molar-refractivity contribution in [2.24, 2.45) is 0 Å². The average Bonchev–Trinajstić information content (AvgIpc) is 3.18. The molecule has 0 aliphatic carbocycles. The Morgan fingerprint density at radius 3 is 2.46 bits per heavy atom. The molecule has 1 aliphatic rings. The van der Waals surface area contributed by atoms with Crippen LogP contribution in [0.2, 0.25) is 0 Å². The van der Waals surface area contributed by atoms with Crippen LogP contribution in [0.3, 0.4) is 0 Å². The lowest BCUT2D eigenvalue weighted by Gasteiger charge is -2.14. The van der Waals surface area contributed by atoms with E-state index < -0.39 is 5.97 Å². The van der Waals surface area contributed by atoms with Crippen LogP contribution >= 0.6 is 24.0 Å². The number of hydrogen-bond donors (Lipinski definition) is 1. The zero-order chi connectivity index (χ0) is 25.9. The van der Waals surface area contributed by atoms with Crippen molar-refractivity contribution in [2.45, 2.75) is 19.8 Å². The van der Waals surface area contributed by atoms with E-state index in [4.69, 9.17) is 27.3 Å². The van der Waals surface area contributed by atoms with Crippen molar-refractivity contribution >= 4 is 57.3 Å². The lowest BCUT2D eigenvalue weighted by Crippen LogP contribution is -2.30. The van der Waals surface area contributed by atoms with Crippen LogP contribution in [0.1, 0.15) is 34.1 Å². The molecule has 5 rings (SSSR count). The number of aryl methyl sites for hydroxylation is 1. The highest BCUT2D eigenvalue weighted by molar-refractivity contribution is 8.26. The van der Waals surface area contributed by atoms with E-state index >= 15 is 0 Å². The van der Waals surface area contributed by atoms with Gasteiger partial charge in [-0.2, -0.15) is 0 Å². The van der Waals surface area contributed by atoms with Gasteiger partial charge in [-0.05, 0) is 60.4 Å². The van der Waals surface area contributed by atoms with Crippen LogP contribution in [0.15, 0.2) is 77.7 Å². The van der Waals surface area contributed by atoms with Crippen molar-refractivity contribution < 1.29 is 14.7 Å². The minimum Gasteiger partial charge on any atom is -0.478 e. The summed E-state index contributed by atoms with van der Waals surface area (Å²) in [6.45, 7) is 2.50. The number of nitrogens with zero attached hydrogens (tertiary/aromatic N) is 3. The Kier molecular flexibility index (Phi) is 7.12. The second-order valence-corrected chi connectivity index (χ2v) is 10.2. The molecular weight excluding hydrogens is 502 g/mol. The fourth-order valence-electron chi connectivity index (χ4n) is 4.19.